The van der Waals surface area contributed by atoms with Gasteiger partial charge in [-0.15, -0.1) is 0 Å². The molecule has 0 radical (unpaired) electrons. The van der Waals surface area contributed by atoms with Gasteiger partial charge in [-0.2, -0.15) is 0 Å². The number of ether oxygens (including phenoxy) is 1. The first-order valence-corrected chi connectivity index (χ1v) is 3.28. The molecule has 0 aromatic heterocycles. The van der Waals surface area contributed by atoms with E-state index in [1.165, 1.54) is 31.2 Å². The largest absolute Gasteiger partial charge is 0.508 e. The Balaban J connectivity index is 2.66. The molecular weight excluding hydrogens is 147 g/mol. The molecule has 0 aliphatic heterocycles. The average Bonchev–Trinajstić information content (AvgIpc) is 1.93. The first kappa shape index (κ1) is 7.85. The molecular formula is C8H9FO2. The molecule has 1 aromatic carbocycles. The monoisotopic (exact) mass is 156 g/mol. The lowest BCUT2D eigenvalue weighted by atomic mass is 10.3. The first-order chi connectivity index (χ1) is 5.18. The molecule has 11 heavy (non-hydrogen) atoms. The topological polar surface area (TPSA) is 29.5 Å². The molecule has 1 unspecified atom stereocenters. The second kappa shape index (κ2) is 3.23. The van der Waals surface area contributed by atoms with E-state index in [-0.39, 0.29) is 5.75 Å². The van der Waals surface area contributed by atoms with Crippen LogP contribution >= 0.6 is 0 Å². The third-order valence-corrected chi connectivity index (χ3v) is 1.14. The van der Waals surface area contributed by atoms with E-state index in [4.69, 9.17) is 9.84 Å². The maximum atomic E-state index is 12.2. The lowest BCUT2D eigenvalue weighted by Crippen LogP contribution is -2.02. The first-order valence-electron chi connectivity index (χ1n) is 3.28. The Morgan fingerprint density at radius 3 is 2.36 bits per heavy atom. The summed E-state index contributed by atoms with van der Waals surface area (Å²) >= 11 is 0. The molecule has 0 aliphatic rings. The van der Waals surface area contributed by atoms with Crippen LogP contribution < -0.4 is 4.74 Å². The van der Waals surface area contributed by atoms with Gasteiger partial charge in [0.25, 0.3) is 0 Å². The quantitative estimate of drug-likeness (QED) is 0.710. The minimum absolute atomic E-state index is 0.142. The van der Waals surface area contributed by atoms with Gasteiger partial charge in [0.15, 0.2) is 0 Å². The lowest BCUT2D eigenvalue weighted by molar-refractivity contribution is 0.0860. The van der Waals surface area contributed by atoms with E-state index in [0.29, 0.717) is 5.75 Å². The van der Waals surface area contributed by atoms with Gasteiger partial charge in [-0.05, 0) is 24.3 Å². The number of phenolic OH excluding ortho intramolecular Hbond substituents is 1. The van der Waals surface area contributed by atoms with E-state index in [9.17, 15) is 4.39 Å². The molecule has 1 N–H and O–H groups in total. The average molecular weight is 156 g/mol. The predicted molar refractivity (Wildman–Crippen MR) is 39.3 cm³/mol. The highest BCUT2D eigenvalue weighted by atomic mass is 19.1. The third kappa shape index (κ3) is 2.45. The molecule has 0 amide bonds. The van der Waals surface area contributed by atoms with E-state index in [1.54, 1.807) is 0 Å². The molecule has 1 rings (SSSR count). The summed E-state index contributed by atoms with van der Waals surface area (Å²) in [6.07, 6.45) is -1.32. The van der Waals surface area contributed by atoms with Crippen molar-refractivity contribution in [2.45, 2.75) is 13.3 Å². The molecule has 0 fully saturated rings. The molecule has 1 aromatic rings. The zero-order valence-electron chi connectivity index (χ0n) is 6.12. The highest BCUT2D eigenvalue weighted by Gasteiger charge is 1.98. The van der Waals surface area contributed by atoms with Crippen LogP contribution in [0.25, 0.3) is 0 Å². The number of benzene rings is 1. The van der Waals surface area contributed by atoms with Crippen molar-refractivity contribution in [1.29, 1.82) is 0 Å². The van der Waals surface area contributed by atoms with Crippen LogP contribution in [0.5, 0.6) is 11.5 Å². The molecule has 0 saturated carbocycles. The number of hydrogen-bond acceptors (Lipinski definition) is 2. The molecule has 0 spiro atoms. The van der Waals surface area contributed by atoms with Crippen molar-refractivity contribution in [2.75, 3.05) is 0 Å². The number of rotatable bonds is 2. The zero-order valence-corrected chi connectivity index (χ0v) is 6.12. The normalized spacial score (nSPS) is 12.5. The second-order valence-corrected chi connectivity index (χ2v) is 2.15. The maximum absolute atomic E-state index is 12.2. The second-order valence-electron chi connectivity index (χ2n) is 2.15. The van der Waals surface area contributed by atoms with Gasteiger partial charge in [0.1, 0.15) is 11.5 Å². The van der Waals surface area contributed by atoms with Crippen LogP contribution in [0.4, 0.5) is 4.39 Å². The fraction of sp³-hybridized carbons (Fsp3) is 0.250. The SMILES string of the molecule is CC(F)Oc1ccc(O)cc1. The van der Waals surface area contributed by atoms with Crippen molar-refractivity contribution in [3.8, 4) is 11.5 Å². The van der Waals surface area contributed by atoms with Gasteiger partial charge in [0.2, 0.25) is 6.36 Å². The van der Waals surface area contributed by atoms with Crippen LogP contribution in [-0.4, -0.2) is 11.5 Å². The Bertz CT molecular complexity index is 218. The fourth-order valence-corrected chi connectivity index (χ4v) is 0.712. The fourth-order valence-electron chi connectivity index (χ4n) is 0.712. The van der Waals surface area contributed by atoms with Crippen molar-refractivity contribution in [3.05, 3.63) is 24.3 Å². The standard InChI is InChI=1S/C8H9FO2/c1-6(9)11-8-4-2-7(10)3-5-8/h2-6,10H,1H3. The third-order valence-electron chi connectivity index (χ3n) is 1.14. The van der Waals surface area contributed by atoms with Gasteiger partial charge < -0.3 is 9.84 Å². The highest BCUT2D eigenvalue weighted by Crippen LogP contribution is 2.17. The molecule has 0 bridgehead atoms. The highest BCUT2D eigenvalue weighted by molar-refractivity contribution is 5.30. The summed E-state index contributed by atoms with van der Waals surface area (Å²) < 4.78 is 16.9. The van der Waals surface area contributed by atoms with E-state index >= 15 is 0 Å². The number of alkyl halides is 1. The van der Waals surface area contributed by atoms with Gasteiger partial charge in [-0.3, -0.25) is 0 Å². The van der Waals surface area contributed by atoms with Crippen molar-refractivity contribution in [1.82, 2.24) is 0 Å². The minimum atomic E-state index is -1.32. The molecule has 2 nitrogen and oxygen atoms in total. The molecule has 0 heterocycles. The van der Waals surface area contributed by atoms with Crippen LogP contribution in [0, 0.1) is 0 Å². The summed E-state index contributed by atoms with van der Waals surface area (Å²) in [7, 11) is 0. The van der Waals surface area contributed by atoms with Gasteiger partial charge in [-0.25, -0.2) is 4.39 Å². The van der Waals surface area contributed by atoms with Crippen molar-refractivity contribution >= 4 is 0 Å². The summed E-state index contributed by atoms with van der Waals surface area (Å²) in [6, 6.07) is 5.90. The number of hydrogen-bond donors (Lipinski definition) is 1. The number of aromatic hydroxyl groups is 1. The number of phenols is 1. The Hall–Kier alpha value is -1.25. The Labute approximate surface area is 64.2 Å². The summed E-state index contributed by atoms with van der Waals surface area (Å²) in [5.74, 6) is 0.557. The molecule has 3 heteroatoms. The van der Waals surface area contributed by atoms with E-state index in [1.807, 2.05) is 0 Å². The number of halogens is 1. The van der Waals surface area contributed by atoms with Crippen LogP contribution in [0.3, 0.4) is 0 Å². The van der Waals surface area contributed by atoms with Gasteiger partial charge >= 0.3 is 0 Å². The van der Waals surface area contributed by atoms with Crippen LogP contribution in [0.1, 0.15) is 6.92 Å². The summed E-state index contributed by atoms with van der Waals surface area (Å²) in [6.45, 7) is 1.30. The Morgan fingerprint density at radius 2 is 1.91 bits per heavy atom. The van der Waals surface area contributed by atoms with Gasteiger partial charge in [0.05, 0.1) is 0 Å². The van der Waals surface area contributed by atoms with Crippen molar-refractivity contribution < 1.29 is 14.2 Å². The van der Waals surface area contributed by atoms with Gasteiger partial charge in [0, 0.05) is 6.92 Å². The summed E-state index contributed by atoms with van der Waals surface area (Å²) in [5, 5.41) is 8.84. The molecule has 1 atom stereocenters. The smallest absolute Gasteiger partial charge is 0.235 e. The zero-order chi connectivity index (χ0) is 8.27. The Kier molecular flexibility index (Phi) is 2.31. The lowest BCUT2D eigenvalue weighted by Gasteiger charge is -2.05. The minimum Gasteiger partial charge on any atom is -0.508 e. The van der Waals surface area contributed by atoms with Crippen molar-refractivity contribution in [3.63, 3.8) is 0 Å². The summed E-state index contributed by atoms with van der Waals surface area (Å²) in [5.41, 5.74) is 0. The predicted octanol–water partition coefficient (Wildman–Crippen LogP) is 2.09. The Morgan fingerprint density at radius 1 is 1.36 bits per heavy atom. The van der Waals surface area contributed by atoms with Crippen LogP contribution in [0.15, 0.2) is 24.3 Å². The van der Waals surface area contributed by atoms with E-state index < -0.39 is 6.36 Å². The van der Waals surface area contributed by atoms with Crippen molar-refractivity contribution in [2.24, 2.45) is 0 Å². The van der Waals surface area contributed by atoms with Gasteiger partial charge in [-0.1, -0.05) is 0 Å². The summed E-state index contributed by atoms with van der Waals surface area (Å²) in [4.78, 5) is 0. The van der Waals surface area contributed by atoms with Crippen LogP contribution in [-0.2, 0) is 0 Å². The molecule has 0 aliphatic carbocycles. The molecule has 60 valence electrons. The van der Waals surface area contributed by atoms with Crippen LogP contribution in [0.2, 0.25) is 0 Å². The molecule has 0 saturated heterocycles. The van der Waals surface area contributed by atoms with E-state index in [2.05, 4.69) is 0 Å². The maximum Gasteiger partial charge on any atom is 0.235 e. The van der Waals surface area contributed by atoms with E-state index in [0.717, 1.165) is 0 Å².